The summed E-state index contributed by atoms with van der Waals surface area (Å²) in [5.41, 5.74) is 1.74. The van der Waals surface area contributed by atoms with Gasteiger partial charge in [0.05, 0.1) is 17.4 Å². The molecule has 0 aliphatic heterocycles. The molecule has 3 aromatic rings. The van der Waals surface area contributed by atoms with Crippen LogP contribution in [0.15, 0.2) is 35.1 Å². The smallest absolute Gasteiger partial charge is 0.258 e. The Labute approximate surface area is 147 Å². The lowest BCUT2D eigenvalue weighted by molar-refractivity contribution is -0.0520. The van der Waals surface area contributed by atoms with Crippen molar-refractivity contribution in [1.82, 2.24) is 19.7 Å². The number of hydrogen-bond donors (Lipinski definition) is 0. The highest BCUT2D eigenvalue weighted by molar-refractivity contribution is 5.74. The Morgan fingerprint density at radius 2 is 1.96 bits per heavy atom. The second-order valence-corrected chi connectivity index (χ2v) is 6.81. The van der Waals surface area contributed by atoms with Crippen molar-refractivity contribution < 1.29 is 9.26 Å². The molecule has 0 bridgehead atoms. The summed E-state index contributed by atoms with van der Waals surface area (Å²) in [4.78, 5) is 9.08. The van der Waals surface area contributed by atoms with Gasteiger partial charge in [-0.15, -0.1) is 0 Å². The third-order valence-corrected chi connectivity index (χ3v) is 5.26. The molecule has 1 fully saturated rings. The highest BCUT2D eigenvalue weighted by Crippen LogP contribution is 2.38. The van der Waals surface area contributed by atoms with Gasteiger partial charge in [-0.3, -0.25) is 0 Å². The zero-order valence-electron chi connectivity index (χ0n) is 14.6. The second-order valence-electron chi connectivity index (χ2n) is 6.81. The van der Waals surface area contributed by atoms with Crippen molar-refractivity contribution in [2.24, 2.45) is 0 Å². The number of aromatic nitrogens is 4. The Balaban J connectivity index is 1.49. The molecular formula is C19H24N4O2. The van der Waals surface area contributed by atoms with Crippen LogP contribution in [0.1, 0.15) is 50.2 Å². The van der Waals surface area contributed by atoms with Gasteiger partial charge < -0.3 is 13.8 Å². The summed E-state index contributed by atoms with van der Waals surface area (Å²) in [7, 11) is 1.76. The van der Waals surface area contributed by atoms with Crippen LogP contribution in [0.25, 0.3) is 11.0 Å². The first kappa shape index (κ1) is 16.3. The molecule has 6 heteroatoms. The van der Waals surface area contributed by atoms with Crippen LogP contribution in [0.3, 0.4) is 0 Å². The van der Waals surface area contributed by atoms with Crippen molar-refractivity contribution in [2.45, 2.75) is 57.1 Å². The van der Waals surface area contributed by atoms with E-state index < -0.39 is 5.60 Å². The van der Waals surface area contributed by atoms with E-state index in [2.05, 4.69) is 25.8 Å². The largest absolute Gasteiger partial charge is 0.368 e. The fourth-order valence-corrected chi connectivity index (χ4v) is 3.75. The monoisotopic (exact) mass is 340 g/mol. The Bertz CT molecular complexity index is 831. The lowest BCUT2D eigenvalue weighted by Crippen LogP contribution is -2.28. The summed E-state index contributed by atoms with van der Waals surface area (Å²) in [6.45, 7) is 0.777. The fraction of sp³-hybridized carbons (Fsp3) is 0.526. The normalized spacial score (nSPS) is 17.6. The third kappa shape index (κ3) is 3.18. The molecule has 0 N–H and O–H groups in total. The summed E-state index contributed by atoms with van der Waals surface area (Å²) in [5, 5.41) is 4.19. The molecular weight excluding hydrogens is 316 g/mol. The maximum atomic E-state index is 5.85. The zero-order valence-corrected chi connectivity index (χ0v) is 14.6. The van der Waals surface area contributed by atoms with Crippen LogP contribution in [0.4, 0.5) is 0 Å². The standard InChI is InChI=1S/C19H24N4O2/c1-24-19(11-6-2-3-7-12-19)18-21-17(22-25-18)10-13-23-14-20-15-8-4-5-9-16(15)23/h4-5,8-9,14H,2-3,6-7,10-13H2,1H3. The Hall–Kier alpha value is -2.21. The molecule has 0 radical (unpaired) electrons. The Kier molecular flexibility index (Phi) is 4.53. The number of rotatable bonds is 5. The summed E-state index contributed by atoms with van der Waals surface area (Å²) in [6, 6.07) is 8.13. The van der Waals surface area contributed by atoms with Crippen LogP contribution in [0, 0.1) is 0 Å². The van der Waals surface area contributed by atoms with Crippen LogP contribution in [-0.2, 0) is 23.3 Å². The van der Waals surface area contributed by atoms with Gasteiger partial charge in [-0.25, -0.2) is 4.98 Å². The summed E-state index contributed by atoms with van der Waals surface area (Å²) in [5.74, 6) is 1.37. The SMILES string of the molecule is COC1(c2nc(CCn3cnc4ccccc43)no2)CCCCCC1. The van der Waals surface area contributed by atoms with E-state index in [1.807, 2.05) is 24.5 Å². The summed E-state index contributed by atoms with van der Waals surface area (Å²) >= 11 is 0. The lowest BCUT2D eigenvalue weighted by Gasteiger charge is -2.26. The van der Waals surface area contributed by atoms with E-state index in [0.717, 1.165) is 49.1 Å². The maximum absolute atomic E-state index is 5.85. The number of imidazole rings is 1. The van der Waals surface area contributed by atoms with Crippen LogP contribution < -0.4 is 0 Å². The van der Waals surface area contributed by atoms with Gasteiger partial charge >= 0.3 is 0 Å². The van der Waals surface area contributed by atoms with Gasteiger partial charge in [0.2, 0.25) is 0 Å². The lowest BCUT2D eigenvalue weighted by atomic mass is 9.94. The highest BCUT2D eigenvalue weighted by Gasteiger charge is 2.38. The van der Waals surface area contributed by atoms with Crippen LogP contribution in [-0.4, -0.2) is 26.8 Å². The molecule has 0 atom stereocenters. The third-order valence-electron chi connectivity index (χ3n) is 5.26. The molecule has 0 unspecified atom stereocenters. The first-order valence-electron chi connectivity index (χ1n) is 9.09. The quantitative estimate of drug-likeness (QED) is 0.660. The minimum absolute atomic E-state index is 0.399. The molecule has 1 aliphatic rings. The average molecular weight is 340 g/mol. The van der Waals surface area contributed by atoms with E-state index in [9.17, 15) is 0 Å². The Morgan fingerprint density at radius 3 is 2.76 bits per heavy atom. The average Bonchev–Trinajstić information content (AvgIpc) is 3.21. The minimum Gasteiger partial charge on any atom is -0.368 e. The van der Waals surface area contributed by atoms with Crippen molar-refractivity contribution in [3.63, 3.8) is 0 Å². The first-order chi connectivity index (χ1) is 12.3. The number of benzene rings is 1. The topological polar surface area (TPSA) is 66.0 Å². The van der Waals surface area contributed by atoms with Crippen LogP contribution in [0.2, 0.25) is 0 Å². The van der Waals surface area contributed by atoms with Crippen molar-refractivity contribution in [3.05, 3.63) is 42.3 Å². The van der Waals surface area contributed by atoms with Gasteiger partial charge in [-0.1, -0.05) is 43.0 Å². The molecule has 1 saturated carbocycles. The Morgan fingerprint density at radius 1 is 1.16 bits per heavy atom. The van der Waals surface area contributed by atoms with E-state index >= 15 is 0 Å². The number of hydrogen-bond acceptors (Lipinski definition) is 5. The van der Waals surface area contributed by atoms with E-state index in [-0.39, 0.29) is 0 Å². The molecule has 1 aliphatic carbocycles. The van der Waals surface area contributed by atoms with Gasteiger partial charge in [-0.2, -0.15) is 4.98 Å². The molecule has 25 heavy (non-hydrogen) atoms. The maximum Gasteiger partial charge on any atom is 0.258 e. The molecule has 2 heterocycles. The van der Waals surface area contributed by atoms with Crippen molar-refractivity contribution in [3.8, 4) is 0 Å². The molecule has 0 saturated heterocycles. The summed E-state index contributed by atoms with van der Waals surface area (Å²) < 4.78 is 13.6. The van der Waals surface area contributed by atoms with Gasteiger partial charge in [0.15, 0.2) is 5.82 Å². The van der Waals surface area contributed by atoms with Gasteiger partial charge in [0.1, 0.15) is 5.60 Å². The van der Waals surface area contributed by atoms with E-state index in [4.69, 9.17) is 9.26 Å². The number of methoxy groups -OCH3 is 1. The molecule has 0 amide bonds. The van der Waals surface area contributed by atoms with E-state index in [0.29, 0.717) is 12.3 Å². The number of fused-ring (bicyclic) bond motifs is 1. The molecule has 6 nitrogen and oxygen atoms in total. The molecule has 132 valence electrons. The molecule has 0 spiro atoms. The van der Waals surface area contributed by atoms with E-state index in [1.54, 1.807) is 7.11 Å². The van der Waals surface area contributed by atoms with Crippen molar-refractivity contribution in [1.29, 1.82) is 0 Å². The molecule has 4 rings (SSSR count). The predicted octanol–water partition coefficient (Wildman–Crippen LogP) is 3.86. The second kappa shape index (κ2) is 6.96. The first-order valence-corrected chi connectivity index (χ1v) is 9.09. The van der Waals surface area contributed by atoms with Gasteiger partial charge in [0.25, 0.3) is 5.89 Å². The van der Waals surface area contributed by atoms with Crippen LogP contribution >= 0.6 is 0 Å². The summed E-state index contributed by atoms with van der Waals surface area (Å²) in [6.07, 6.45) is 9.28. The highest BCUT2D eigenvalue weighted by atomic mass is 16.5. The zero-order chi connectivity index (χ0) is 17.1. The van der Waals surface area contributed by atoms with Crippen LogP contribution in [0.5, 0.6) is 0 Å². The fourth-order valence-electron chi connectivity index (χ4n) is 3.75. The number of ether oxygens (including phenoxy) is 1. The molecule has 2 aromatic heterocycles. The van der Waals surface area contributed by atoms with Crippen molar-refractivity contribution in [2.75, 3.05) is 7.11 Å². The predicted molar refractivity (Wildman–Crippen MR) is 94.1 cm³/mol. The molecule has 1 aromatic carbocycles. The minimum atomic E-state index is -0.399. The number of nitrogens with zero attached hydrogens (tertiary/aromatic N) is 4. The van der Waals surface area contributed by atoms with E-state index in [1.165, 1.54) is 12.8 Å². The van der Waals surface area contributed by atoms with Gasteiger partial charge in [-0.05, 0) is 25.0 Å². The number of para-hydroxylation sites is 2. The van der Waals surface area contributed by atoms with Crippen molar-refractivity contribution >= 4 is 11.0 Å². The number of aryl methyl sites for hydroxylation is 2. The van der Waals surface area contributed by atoms with Gasteiger partial charge in [0, 0.05) is 20.1 Å².